The molecule has 0 fully saturated rings. The van der Waals surface area contributed by atoms with Crippen LogP contribution in [0.1, 0.15) is 31.9 Å². The summed E-state index contributed by atoms with van der Waals surface area (Å²) in [6.07, 6.45) is 3.07. The average molecular weight is 295 g/mol. The summed E-state index contributed by atoms with van der Waals surface area (Å²) in [5, 5.41) is 2.90. The molecule has 2 unspecified atom stereocenters. The number of thioether (sulfide) groups is 1. The van der Waals surface area contributed by atoms with Crippen LogP contribution in [-0.4, -0.2) is 36.0 Å². The summed E-state index contributed by atoms with van der Waals surface area (Å²) < 4.78 is 0. The smallest absolute Gasteiger partial charge is 0.321 e. The van der Waals surface area contributed by atoms with E-state index in [0.29, 0.717) is 0 Å². The Labute approximate surface area is 126 Å². The van der Waals surface area contributed by atoms with Crippen molar-refractivity contribution in [3.63, 3.8) is 0 Å². The first-order valence-corrected chi connectivity index (χ1v) is 8.23. The van der Waals surface area contributed by atoms with E-state index in [-0.39, 0.29) is 18.1 Å². The number of urea groups is 1. The van der Waals surface area contributed by atoms with Crippen LogP contribution in [0.2, 0.25) is 0 Å². The number of carbonyl (C=O) groups excluding carboxylic acids is 1. The van der Waals surface area contributed by atoms with E-state index in [0.717, 1.165) is 23.4 Å². The van der Waals surface area contributed by atoms with Gasteiger partial charge in [0, 0.05) is 24.8 Å². The molecule has 1 aromatic rings. The zero-order valence-electron chi connectivity index (χ0n) is 12.7. The van der Waals surface area contributed by atoms with Crippen LogP contribution in [-0.2, 0) is 0 Å². The molecule has 3 N–H and O–H groups in total. The van der Waals surface area contributed by atoms with Crippen molar-refractivity contribution in [1.29, 1.82) is 0 Å². The maximum Gasteiger partial charge on any atom is 0.321 e. The van der Waals surface area contributed by atoms with Crippen LogP contribution in [0.15, 0.2) is 24.3 Å². The van der Waals surface area contributed by atoms with Crippen LogP contribution < -0.4 is 11.1 Å². The van der Waals surface area contributed by atoms with Crippen molar-refractivity contribution in [2.45, 2.75) is 32.4 Å². The molecule has 1 aromatic carbocycles. The van der Waals surface area contributed by atoms with Gasteiger partial charge in [0.15, 0.2) is 0 Å². The molecule has 4 nitrogen and oxygen atoms in total. The normalized spacial score (nSPS) is 13.7. The summed E-state index contributed by atoms with van der Waals surface area (Å²) >= 11 is 1.80. The predicted octanol–water partition coefficient (Wildman–Crippen LogP) is 3.31. The molecule has 1 rings (SSSR count). The number of hydrogen-bond donors (Lipinski definition) is 2. The fourth-order valence-electron chi connectivity index (χ4n) is 1.76. The van der Waals surface area contributed by atoms with Crippen LogP contribution in [0.3, 0.4) is 0 Å². The largest absolute Gasteiger partial charge is 0.325 e. The second-order valence-corrected chi connectivity index (χ2v) is 6.07. The maximum atomic E-state index is 12.1. The monoisotopic (exact) mass is 295 g/mol. The van der Waals surface area contributed by atoms with Gasteiger partial charge >= 0.3 is 6.03 Å². The highest BCUT2D eigenvalue weighted by Gasteiger charge is 2.15. The van der Waals surface area contributed by atoms with Gasteiger partial charge < -0.3 is 16.0 Å². The molecular weight excluding hydrogens is 270 g/mol. The van der Waals surface area contributed by atoms with E-state index in [9.17, 15) is 4.79 Å². The molecule has 112 valence electrons. The van der Waals surface area contributed by atoms with Crippen LogP contribution >= 0.6 is 11.8 Å². The Morgan fingerprint density at radius 3 is 2.45 bits per heavy atom. The summed E-state index contributed by atoms with van der Waals surface area (Å²) in [5.41, 5.74) is 7.66. The molecule has 2 amide bonds. The van der Waals surface area contributed by atoms with Gasteiger partial charge in [-0.15, -0.1) is 0 Å². The van der Waals surface area contributed by atoms with Gasteiger partial charge in [-0.3, -0.25) is 0 Å². The number of benzene rings is 1. The van der Waals surface area contributed by atoms with E-state index in [4.69, 9.17) is 5.73 Å². The molecule has 0 radical (unpaired) electrons. The lowest BCUT2D eigenvalue weighted by Gasteiger charge is -2.25. The van der Waals surface area contributed by atoms with E-state index in [2.05, 4.69) is 18.5 Å². The molecule has 2 atom stereocenters. The van der Waals surface area contributed by atoms with Crippen LogP contribution in [0, 0.1) is 0 Å². The number of nitrogens with one attached hydrogen (secondary N) is 1. The van der Waals surface area contributed by atoms with Crippen molar-refractivity contribution in [3.05, 3.63) is 29.8 Å². The zero-order valence-corrected chi connectivity index (χ0v) is 13.5. The van der Waals surface area contributed by atoms with Gasteiger partial charge in [0.1, 0.15) is 0 Å². The standard InChI is InChI=1S/C15H25N3OS/c1-11(9-10-20-4)18(3)15(19)17-14-7-5-13(6-8-14)12(2)16/h5-8,11-12H,9-10,16H2,1-4H3,(H,17,19). The molecule has 5 heteroatoms. The molecule has 0 aliphatic heterocycles. The molecule has 0 saturated carbocycles. The van der Waals surface area contributed by atoms with Crippen LogP contribution in [0.25, 0.3) is 0 Å². The number of carbonyl (C=O) groups is 1. The van der Waals surface area contributed by atoms with Crippen molar-refractivity contribution in [3.8, 4) is 0 Å². The van der Waals surface area contributed by atoms with Gasteiger partial charge in [0.2, 0.25) is 0 Å². The van der Waals surface area contributed by atoms with E-state index in [1.54, 1.807) is 16.7 Å². The van der Waals surface area contributed by atoms with Crippen molar-refractivity contribution >= 4 is 23.5 Å². The minimum Gasteiger partial charge on any atom is -0.325 e. The summed E-state index contributed by atoms with van der Waals surface area (Å²) in [6, 6.07) is 7.81. The van der Waals surface area contributed by atoms with Crippen molar-refractivity contribution in [1.82, 2.24) is 4.90 Å². The number of rotatable bonds is 6. The molecule has 0 bridgehead atoms. The highest BCUT2D eigenvalue weighted by atomic mass is 32.2. The second-order valence-electron chi connectivity index (χ2n) is 5.08. The predicted molar refractivity (Wildman–Crippen MR) is 88.3 cm³/mol. The van der Waals surface area contributed by atoms with Crippen LogP contribution in [0.4, 0.5) is 10.5 Å². The van der Waals surface area contributed by atoms with Gasteiger partial charge in [-0.25, -0.2) is 4.79 Å². The van der Waals surface area contributed by atoms with Gasteiger partial charge in [-0.2, -0.15) is 11.8 Å². The SMILES string of the molecule is CSCCC(C)N(C)C(=O)Nc1ccc(C(C)N)cc1. The Balaban J connectivity index is 2.56. The third-order valence-electron chi connectivity index (χ3n) is 3.41. The van der Waals surface area contributed by atoms with Gasteiger partial charge in [-0.1, -0.05) is 12.1 Å². The average Bonchev–Trinajstić information content (AvgIpc) is 2.44. The number of amides is 2. The van der Waals surface area contributed by atoms with Gasteiger partial charge in [-0.05, 0) is 50.0 Å². The Morgan fingerprint density at radius 1 is 1.35 bits per heavy atom. The van der Waals surface area contributed by atoms with E-state index in [1.165, 1.54) is 0 Å². The van der Waals surface area contributed by atoms with Crippen molar-refractivity contribution in [2.75, 3.05) is 24.4 Å². The molecule has 0 aliphatic rings. The summed E-state index contributed by atoms with van der Waals surface area (Å²) in [7, 11) is 1.83. The molecule has 0 spiro atoms. The zero-order chi connectivity index (χ0) is 15.1. The first-order chi connectivity index (χ1) is 9.45. The fourth-order valence-corrected chi connectivity index (χ4v) is 2.34. The summed E-state index contributed by atoms with van der Waals surface area (Å²) in [6.45, 7) is 4.00. The Bertz CT molecular complexity index is 420. The number of anilines is 1. The first kappa shape index (κ1) is 16.9. The minimum absolute atomic E-state index is 0.00833. The van der Waals surface area contributed by atoms with Crippen molar-refractivity contribution < 1.29 is 4.79 Å². The van der Waals surface area contributed by atoms with E-state index in [1.807, 2.05) is 38.2 Å². The summed E-state index contributed by atoms with van der Waals surface area (Å²) in [4.78, 5) is 13.9. The first-order valence-electron chi connectivity index (χ1n) is 6.84. The number of nitrogens with zero attached hydrogens (tertiary/aromatic N) is 1. The lowest BCUT2D eigenvalue weighted by atomic mass is 10.1. The Hall–Kier alpha value is -1.20. The fraction of sp³-hybridized carbons (Fsp3) is 0.533. The lowest BCUT2D eigenvalue weighted by Crippen LogP contribution is -2.38. The number of nitrogens with two attached hydrogens (primary N) is 1. The third kappa shape index (κ3) is 5.06. The van der Waals surface area contributed by atoms with E-state index >= 15 is 0 Å². The summed E-state index contributed by atoms with van der Waals surface area (Å²) in [5.74, 6) is 1.06. The van der Waals surface area contributed by atoms with Gasteiger partial charge in [0.25, 0.3) is 0 Å². The van der Waals surface area contributed by atoms with Crippen LogP contribution in [0.5, 0.6) is 0 Å². The Kier molecular flexibility index (Phi) is 6.88. The van der Waals surface area contributed by atoms with E-state index < -0.39 is 0 Å². The lowest BCUT2D eigenvalue weighted by molar-refractivity contribution is 0.207. The Morgan fingerprint density at radius 2 is 1.95 bits per heavy atom. The molecular formula is C15H25N3OS. The van der Waals surface area contributed by atoms with Gasteiger partial charge in [0.05, 0.1) is 0 Å². The minimum atomic E-state index is -0.0767. The maximum absolute atomic E-state index is 12.1. The van der Waals surface area contributed by atoms with Crippen molar-refractivity contribution in [2.24, 2.45) is 5.73 Å². The topological polar surface area (TPSA) is 58.4 Å². The molecule has 0 aromatic heterocycles. The molecule has 0 saturated heterocycles. The second kappa shape index (κ2) is 8.17. The third-order valence-corrected chi connectivity index (χ3v) is 4.05. The highest BCUT2D eigenvalue weighted by molar-refractivity contribution is 7.98. The molecule has 0 aliphatic carbocycles. The number of hydrogen-bond acceptors (Lipinski definition) is 3. The molecule has 0 heterocycles. The molecule has 20 heavy (non-hydrogen) atoms. The highest BCUT2D eigenvalue weighted by Crippen LogP contribution is 2.15. The quantitative estimate of drug-likeness (QED) is 0.846.